The third-order valence-electron chi connectivity index (χ3n) is 4.38. The van der Waals surface area contributed by atoms with E-state index in [0.29, 0.717) is 45.2 Å². The Morgan fingerprint density at radius 2 is 1.86 bits per heavy atom. The molecule has 2 rings (SSSR count). The van der Waals surface area contributed by atoms with Crippen LogP contribution in [0.1, 0.15) is 39.0 Å². The van der Waals surface area contributed by atoms with Gasteiger partial charge in [0.1, 0.15) is 0 Å². The number of hydrogen-bond donors (Lipinski definition) is 1. The maximum Gasteiger partial charge on any atom is 0.281 e. The van der Waals surface area contributed by atoms with E-state index in [1.165, 1.54) is 0 Å². The first kappa shape index (κ1) is 17.1. The lowest BCUT2D eigenvalue weighted by Gasteiger charge is -2.37. The predicted octanol–water partition coefficient (Wildman–Crippen LogP) is 0.793. The van der Waals surface area contributed by atoms with Gasteiger partial charge in [0.25, 0.3) is 10.2 Å². The van der Waals surface area contributed by atoms with E-state index in [0.717, 1.165) is 32.1 Å². The van der Waals surface area contributed by atoms with Crippen LogP contribution >= 0.6 is 0 Å². The average molecular weight is 319 g/mol. The molecule has 2 N–H and O–H groups in total. The van der Waals surface area contributed by atoms with Crippen molar-refractivity contribution >= 4 is 10.2 Å². The molecule has 7 heteroatoms. The largest absolute Gasteiger partial charge is 0.378 e. The van der Waals surface area contributed by atoms with E-state index in [-0.39, 0.29) is 6.10 Å². The van der Waals surface area contributed by atoms with Gasteiger partial charge in [-0.1, -0.05) is 6.92 Å². The Labute approximate surface area is 128 Å². The SMILES string of the molecule is CC1CCCN(S(=O)(=O)N2CCC(OCCCN)CC2)C1. The maximum absolute atomic E-state index is 12.6. The van der Waals surface area contributed by atoms with Crippen molar-refractivity contribution in [3.8, 4) is 0 Å². The molecule has 1 atom stereocenters. The summed E-state index contributed by atoms with van der Waals surface area (Å²) in [6, 6.07) is 0. The van der Waals surface area contributed by atoms with Crippen molar-refractivity contribution in [2.24, 2.45) is 11.7 Å². The number of piperidine rings is 2. The number of rotatable bonds is 6. The fraction of sp³-hybridized carbons (Fsp3) is 1.00. The molecule has 2 fully saturated rings. The van der Waals surface area contributed by atoms with Crippen LogP contribution < -0.4 is 5.73 Å². The summed E-state index contributed by atoms with van der Waals surface area (Å²) in [6.45, 7) is 5.91. The fourth-order valence-corrected chi connectivity index (χ4v) is 4.88. The Balaban J connectivity index is 1.83. The van der Waals surface area contributed by atoms with Crippen molar-refractivity contribution in [2.75, 3.05) is 39.3 Å². The summed E-state index contributed by atoms with van der Waals surface area (Å²) in [6.07, 6.45) is 4.72. The maximum atomic E-state index is 12.6. The van der Waals surface area contributed by atoms with Crippen molar-refractivity contribution in [1.82, 2.24) is 8.61 Å². The average Bonchev–Trinajstić information content (AvgIpc) is 2.48. The van der Waals surface area contributed by atoms with Crippen LogP contribution in [0.3, 0.4) is 0 Å². The van der Waals surface area contributed by atoms with Gasteiger partial charge in [0.15, 0.2) is 0 Å². The minimum atomic E-state index is -3.28. The highest BCUT2D eigenvalue weighted by molar-refractivity contribution is 7.86. The van der Waals surface area contributed by atoms with Crippen LogP contribution in [0, 0.1) is 5.92 Å². The Morgan fingerprint density at radius 3 is 2.48 bits per heavy atom. The lowest BCUT2D eigenvalue weighted by molar-refractivity contribution is 0.0198. The van der Waals surface area contributed by atoms with E-state index in [1.807, 2.05) is 0 Å². The Bertz CT molecular complexity index is 408. The molecule has 0 spiro atoms. The van der Waals surface area contributed by atoms with Crippen molar-refractivity contribution in [2.45, 2.75) is 45.1 Å². The third-order valence-corrected chi connectivity index (χ3v) is 6.38. The van der Waals surface area contributed by atoms with Crippen molar-refractivity contribution in [3.05, 3.63) is 0 Å². The molecule has 0 bridgehead atoms. The first-order valence-electron chi connectivity index (χ1n) is 8.11. The van der Waals surface area contributed by atoms with Gasteiger partial charge in [0.05, 0.1) is 6.10 Å². The predicted molar refractivity (Wildman–Crippen MR) is 83.1 cm³/mol. The quantitative estimate of drug-likeness (QED) is 0.735. The Morgan fingerprint density at radius 1 is 1.14 bits per heavy atom. The van der Waals surface area contributed by atoms with Crippen molar-refractivity contribution < 1.29 is 13.2 Å². The molecule has 1 unspecified atom stereocenters. The van der Waals surface area contributed by atoms with E-state index in [1.54, 1.807) is 8.61 Å². The summed E-state index contributed by atoms with van der Waals surface area (Å²) < 4.78 is 34.3. The molecular formula is C14H29N3O3S. The molecular weight excluding hydrogens is 290 g/mol. The normalized spacial score (nSPS) is 27.0. The Hall–Kier alpha value is -0.210. The van der Waals surface area contributed by atoms with Crippen molar-refractivity contribution in [1.29, 1.82) is 0 Å². The zero-order valence-electron chi connectivity index (χ0n) is 13.0. The second-order valence-corrected chi connectivity index (χ2v) is 8.15. The molecule has 124 valence electrons. The van der Waals surface area contributed by atoms with Gasteiger partial charge in [-0.2, -0.15) is 17.0 Å². The van der Waals surface area contributed by atoms with Gasteiger partial charge < -0.3 is 10.5 Å². The molecule has 2 saturated heterocycles. The monoisotopic (exact) mass is 319 g/mol. The van der Waals surface area contributed by atoms with Gasteiger partial charge >= 0.3 is 0 Å². The molecule has 0 radical (unpaired) electrons. The van der Waals surface area contributed by atoms with Gasteiger partial charge in [0.2, 0.25) is 0 Å². The summed E-state index contributed by atoms with van der Waals surface area (Å²) >= 11 is 0. The van der Waals surface area contributed by atoms with E-state index >= 15 is 0 Å². The van der Waals surface area contributed by atoms with Gasteiger partial charge in [-0.3, -0.25) is 0 Å². The first-order chi connectivity index (χ1) is 10.0. The van der Waals surface area contributed by atoms with Crippen LogP contribution in [-0.2, 0) is 14.9 Å². The second kappa shape index (κ2) is 7.87. The van der Waals surface area contributed by atoms with Crippen molar-refractivity contribution in [3.63, 3.8) is 0 Å². The molecule has 0 aromatic rings. The number of nitrogens with two attached hydrogens (primary N) is 1. The zero-order valence-corrected chi connectivity index (χ0v) is 13.9. The van der Waals surface area contributed by atoms with Crippen LogP contribution in [0.15, 0.2) is 0 Å². The van der Waals surface area contributed by atoms with E-state index in [9.17, 15) is 8.42 Å². The second-order valence-electron chi connectivity index (χ2n) is 6.22. The highest BCUT2D eigenvalue weighted by Gasteiger charge is 2.34. The minimum Gasteiger partial charge on any atom is -0.378 e. The molecule has 2 heterocycles. The highest BCUT2D eigenvalue weighted by atomic mass is 32.2. The summed E-state index contributed by atoms with van der Waals surface area (Å²) in [7, 11) is -3.28. The number of nitrogens with zero attached hydrogens (tertiary/aromatic N) is 2. The third kappa shape index (κ3) is 4.63. The lowest BCUT2D eigenvalue weighted by atomic mass is 10.0. The summed E-state index contributed by atoms with van der Waals surface area (Å²) in [4.78, 5) is 0. The molecule has 0 saturated carbocycles. The van der Waals surface area contributed by atoms with Gasteiger partial charge in [0, 0.05) is 32.8 Å². The summed E-state index contributed by atoms with van der Waals surface area (Å²) in [5.41, 5.74) is 5.44. The molecule has 21 heavy (non-hydrogen) atoms. The van der Waals surface area contributed by atoms with E-state index in [4.69, 9.17) is 10.5 Å². The van der Waals surface area contributed by atoms with Gasteiger partial charge in [-0.15, -0.1) is 0 Å². The molecule has 0 amide bonds. The van der Waals surface area contributed by atoms with E-state index in [2.05, 4.69) is 6.92 Å². The number of hydrogen-bond acceptors (Lipinski definition) is 4. The lowest BCUT2D eigenvalue weighted by Crippen LogP contribution is -2.50. The molecule has 0 aromatic carbocycles. The number of ether oxygens (including phenoxy) is 1. The summed E-state index contributed by atoms with van der Waals surface area (Å²) in [5.74, 6) is 0.464. The van der Waals surface area contributed by atoms with Crippen LogP contribution in [0.25, 0.3) is 0 Å². The van der Waals surface area contributed by atoms with E-state index < -0.39 is 10.2 Å². The zero-order chi connectivity index (χ0) is 15.3. The standard InChI is InChI=1S/C14H29N3O3S/c1-13-4-2-8-17(12-13)21(18,19)16-9-5-14(6-10-16)20-11-3-7-15/h13-14H,2-12,15H2,1H3. The molecule has 0 aliphatic carbocycles. The van der Waals surface area contributed by atoms with Gasteiger partial charge in [-0.05, 0) is 44.6 Å². The summed E-state index contributed by atoms with van der Waals surface area (Å²) in [5, 5.41) is 0. The first-order valence-corrected chi connectivity index (χ1v) is 9.50. The smallest absolute Gasteiger partial charge is 0.281 e. The minimum absolute atomic E-state index is 0.184. The highest BCUT2D eigenvalue weighted by Crippen LogP contribution is 2.23. The van der Waals surface area contributed by atoms with Crippen LogP contribution in [0.2, 0.25) is 0 Å². The van der Waals surface area contributed by atoms with Crippen LogP contribution in [0.4, 0.5) is 0 Å². The Kier molecular flexibility index (Phi) is 6.43. The molecule has 0 aromatic heterocycles. The topological polar surface area (TPSA) is 75.9 Å². The molecule has 2 aliphatic heterocycles. The van der Waals surface area contributed by atoms with Crippen LogP contribution in [-0.4, -0.2) is 62.5 Å². The van der Waals surface area contributed by atoms with Crippen LogP contribution in [0.5, 0.6) is 0 Å². The molecule has 2 aliphatic rings. The fourth-order valence-electron chi connectivity index (χ4n) is 3.08. The molecule has 6 nitrogen and oxygen atoms in total. The van der Waals surface area contributed by atoms with Gasteiger partial charge in [-0.25, -0.2) is 0 Å².